The monoisotopic (exact) mass is 195 g/mol. The van der Waals surface area contributed by atoms with Crippen molar-refractivity contribution in [1.82, 2.24) is 5.32 Å². The van der Waals surface area contributed by atoms with Gasteiger partial charge in [-0.25, -0.2) is 0 Å². The number of hydrogen-bond donors (Lipinski definition) is 1. The van der Waals surface area contributed by atoms with E-state index in [0.717, 1.165) is 5.92 Å². The first-order chi connectivity index (χ1) is 6.49. The van der Waals surface area contributed by atoms with Gasteiger partial charge in [-0.3, -0.25) is 0 Å². The topological polar surface area (TPSA) is 12.0 Å². The Labute approximate surface area is 89.0 Å². The van der Waals surface area contributed by atoms with Crippen LogP contribution >= 0.6 is 0 Å². The van der Waals surface area contributed by atoms with E-state index >= 15 is 0 Å². The Hall–Kier alpha value is -0.300. The van der Waals surface area contributed by atoms with Crippen molar-refractivity contribution in [3.63, 3.8) is 0 Å². The van der Waals surface area contributed by atoms with E-state index in [1.54, 1.807) is 5.57 Å². The molecule has 0 unspecified atom stereocenters. The van der Waals surface area contributed by atoms with E-state index in [2.05, 4.69) is 39.1 Å². The predicted octanol–water partition coefficient (Wildman–Crippen LogP) is 3.37. The summed E-state index contributed by atoms with van der Waals surface area (Å²) in [4.78, 5) is 0. The molecule has 1 aliphatic rings. The van der Waals surface area contributed by atoms with Crippen molar-refractivity contribution in [3.05, 3.63) is 11.6 Å². The maximum Gasteiger partial charge on any atom is -0.00432 e. The second-order valence-electron chi connectivity index (χ2n) is 5.74. The Bertz CT molecular complexity index is 192. The molecular formula is C13H25N. The highest BCUT2D eigenvalue weighted by Crippen LogP contribution is 2.25. The molecule has 1 aliphatic heterocycles. The highest BCUT2D eigenvalue weighted by atomic mass is 14.9. The number of nitrogens with one attached hydrogen (secondary N) is 1. The molecule has 1 fully saturated rings. The van der Waals surface area contributed by atoms with Crippen LogP contribution in [0.5, 0.6) is 0 Å². The molecule has 0 bridgehead atoms. The van der Waals surface area contributed by atoms with E-state index in [-0.39, 0.29) is 0 Å². The van der Waals surface area contributed by atoms with Crippen molar-refractivity contribution in [3.8, 4) is 0 Å². The highest BCUT2D eigenvalue weighted by molar-refractivity contribution is 5.05. The van der Waals surface area contributed by atoms with Crippen LogP contribution in [-0.4, -0.2) is 13.1 Å². The smallest absolute Gasteiger partial charge is 0.00432 e. The Morgan fingerprint density at radius 2 is 1.86 bits per heavy atom. The van der Waals surface area contributed by atoms with Crippen LogP contribution in [0.25, 0.3) is 0 Å². The molecule has 1 rings (SSSR count). The molecule has 0 aliphatic carbocycles. The summed E-state index contributed by atoms with van der Waals surface area (Å²) in [6.45, 7) is 11.6. The third-order valence-electron chi connectivity index (χ3n) is 3.02. The van der Waals surface area contributed by atoms with E-state index in [4.69, 9.17) is 0 Å². The second kappa shape index (κ2) is 4.97. The lowest BCUT2D eigenvalue weighted by molar-refractivity contribution is 0.401. The summed E-state index contributed by atoms with van der Waals surface area (Å²) in [6, 6.07) is 0. The van der Waals surface area contributed by atoms with Crippen LogP contribution in [0.3, 0.4) is 0 Å². The van der Waals surface area contributed by atoms with Crippen LogP contribution < -0.4 is 5.32 Å². The molecule has 0 spiro atoms. The molecule has 0 radical (unpaired) electrons. The Morgan fingerprint density at radius 1 is 1.29 bits per heavy atom. The van der Waals surface area contributed by atoms with Gasteiger partial charge in [0.2, 0.25) is 0 Å². The highest BCUT2D eigenvalue weighted by Gasteiger charge is 2.15. The first-order valence-corrected chi connectivity index (χ1v) is 5.86. The molecule has 14 heavy (non-hydrogen) atoms. The van der Waals surface area contributed by atoms with Gasteiger partial charge in [0.1, 0.15) is 0 Å². The van der Waals surface area contributed by atoms with Crippen molar-refractivity contribution < 1.29 is 0 Å². The lowest BCUT2D eigenvalue weighted by Gasteiger charge is -2.24. The first-order valence-electron chi connectivity index (χ1n) is 5.86. The molecule has 0 aromatic rings. The van der Waals surface area contributed by atoms with Crippen molar-refractivity contribution in [2.24, 2.45) is 11.3 Å². The minimum absolute atomic E-state index is 0.439. The fourth-order valence-corrected chi connectivity index (χ4v) is 1.91. The standard InChI is InChI=1S/C13H25N/c1-11(5-8-13(2,3)4)12-6-9-14-10-7-12/h5,12,14H,6-10H2,1-4H3/b11-5+. The molecule has 82 valence electrons. The summed E-state index contributed by atoms with van der Waals surface area (Å²) in [5, 5.41) is 3.41. The normalized spacial score (nSPS) is 21.3. The molecular weight excluding hydrogens is 170 g/mol. The number of hydrogen-bond acceptors (Lipinski definition) is 1. The van der Waals surface area contributed by atoms with Gasteiger partial charge < -0.3 is 5.32 Å². The van der Waals surface area contributed by atoms with Gasteiger partial charge in [-0.05, 0) is 50.6 Å². The Balaban J connectivity index is 2.42. The summed E-state index contributed by atoms with van der Waals surface area (Å²) in [5.74, 6) is 0.846. The molecule has 1 N–H and O–H groups in total. The zero-order valence-electron chi connectivity index (χ0n) is 10.2. The quantitative estimate of drug-likeness (QED) is 0.666. The van der Waals surface area contributed by atoms with E-state index in [0.29, 0.717) is 5.41 Å². The molecule has 1 nitrogen and oxygen atoms in total. The van der Waals surface area contributed by atoms with Gasteiger partial charge in [0, 0.05) is 0 Å². The van der Waals surface area contributed by atoms with Crippen LogP contribution in [0.15, 0.2) is 11.6 Å². The van der Waals surface area contributed by atoms with Crippen LogP contribution in [0.1, 0.15) is 47.0 Å². The molecule has 0 amide bonds. The summed E-state index contributed by atoms with van der Waals surface area (Å²) < 4.78 is 0. The second-order valence-corrected chi connectivity index (χ2v) is 5.74. The van der Waals surface area contributed by atoms with Crippen molar-refractivity contribution in [2.45, 2.75) is 47.0 Å². The van der Waals surface area contributed by atoms with E-state index in [9.17, 15) is 0 Å². The number of rotatable bonds is 2. The van der Waals surface area contributed by atoms with Gasteiger partial charge in [0.15, 0.2) is 0 Å². The third kappa shape index (κ3) is 4.28. The SMILES string of the molecule is C/C(=C\CC(C)(C)C)C1CCNCC1. The van der Waals surface area contributed by atoms with E-state index in [1.165, 1.54) is 32.4 Å². The van der Waals surface area contributed by atoms with Crippen molar-refractivity contribution >= 4 is 0 Å². The first kappa shape index (κ1) is 11.8. The molecule has 1 heteroatoms. The third-order valence-corrected chi connectivity index (χ3v) is 3.02. The van der Waals surface area contributed by atoms with Gasteiger partial charge >= 0.3 is 0 Å². The van der Waals surface area contributed by atoms with E-state index in [1.807, 2.05) is 0 Å². The van der Waals surface area contributed by atoms with Crippen molar-refractivity contribution in [1.29, 1.82) is 0 Å². The van der Waals surface area contributed by atoms with Crippen LogP contribution in [0, 0.1) is 11.3 Å². The summed E-state index contributed by atoms with van der Waals surface area (Å²) >= 11 is 0. The summed E-state index contributed by atoms with van der Waals surface area (Å²) in [6.07, 6.45) is 6.32. The maximum absolute atomic E-state index is 3.41. The zero-order valence-corrected chi connectivity index (χ0v) is 10.2. The average molecular weight is 195 g/mol. The minimum Gasteiger partial charge on any atom is -0.317 e. The molecule has 0 aromatic heterocycles. The molecule has 0 atom stereocenters. The minimum atomic E-state index is 0.439. The fraction of sp³-hybridized carbons (Fsp3) is 0.846. The Kier molecular flexibility index (Phi) is 4.18. The number of allylic oxidation sites excluding steroid dienone is 2. The molecule has 0 aromatic carbocycles. The summed E-state index contributed by atoms with van der Waals surface area (Å²) in [5.41, 5.74) is 2.05. The van der Waals surface area contributed by atoms with Crippen LogP contribution in [-0.2, 0) is 0 Å². The molecule has 0 saturated carbocycles. The lowest BCUT2D eigenvalue weighted by Crippen LogP contribution is -2.28. The average Bonchev–Trinajstić information content (AvgIpc) is 2.14. The van der Waals surface area contributed by atoms with E-state index < -0.39 is 0 Å². The zero-order chi connectivity index (χ0) is 10.6. The van der Waals surface area contributed by atoms with Gasteiger partial charge in [-0.15, -0.1) is 0 Å². The largest absolute Gasteiger partial charge is 0.317 e. The fourth-order valence-electron chi connectivity index (χ4n) is 1.91. The maximum atomic E-state index is 3.41. The van der Waals surface area contributed by atoms with Crippen LogP contribution in [0.4, 0.5) is 0 Å². The van der Waals surface area contributed by atoms with Crippen molar-refractivity contribution in [2.75, 3.05) is 13.1 Å². The number of piperidine rings is 1. The van der Waals surface area contributed by atoms with Gasteiger partial charge in [-0.2, -0.15) is 0 Å². The lowest BCUT2D eigenvalue weighted by atomic mass is 9.86. The summed E-state index contributed by atoms with van der Waals surface area (Å²) in [7, 11) is 0. The Morgan fingerprint density at radius 3 is 2.36 bits per heavy atom. The van der Waals surface area contributed by atoms with Gasteiger partial charge in [-0.1, -0.05) is 32.4 Å². The molecule has 1 saturated heterocycles. The van der Waals surface area contributed by atoms with Gasteiger partial charge in [0.05, 0.1) is 0 Å². The van der Waals surface area contributed by atoms with Gasteiger partial charge in [0.25, 0.3) is 0 Å². The molecule has 1 heterocycles. The predicted molar refractivity (Wildman–Crippen MR) is 63.4 cm³/mol. The van der Waals surface area contributed by atoms with Crippen LogP contribution in [0.2, 0.25) is 0 Å².